The van der Waals surface area contributed by atoms with E-state index in [-0.39, 0.29) is 0 Å². The van der Waals surface area contributed by atoms with Crippen molar-refractivity contribution in [3.63, 3.8) is 0 Å². The van der Waals surface area contributed by atoms with Gasteiger partial charge in [-0.15, -0.1) is 10.2 Å². The van der Waals surface area contributed by atoms with E-state index in [9.17, 15) is 0 Å². The van der Waals surface area contributed by atoms with Gasteiger partial charge in [-0.2, -0.15) is 0 Å². The van der Waals surface area contributed by atoms with Crippen LogP contribution in [0.2, 0.25) is 0 Å². The smallest absolute Gasteiger partial charge is 0.203 e. The number of hydrogen-bond donors (Lipinski definition) is 1. The van der Waals surface area contributed by atoms with Crippen LogP contribution >= 0.6 is 59.1 Å². The van der Waals surface area contributed by atoms with Crippen molar-refractivity contribution in [1.29, 1.82) is 0 Å². The maximum atomic E-state index is 5.66. The maximum Gasteiger partial charge on any atom is 0.203 e. The van der Waals surface area contributed by atoms with Crippen molar-refractivity contribution >= 4 is 64.3 Å². The Kier molecular flexibility index (Phi) is 4.40. The van der Waals surface area contributed by atoms with Crippen LogP contribution in [0.5, 0.6) is 5.75 Å². The number of halogens is 3. The Morgan fingerprint density at radius 1 is 1.18 bits per heavy atom. The molecule has 2 N–H and O–H groups in total. The molecule has 2 aromatic rings. The highest BCUT2D eigenvalue weighted by molar-refractivity contribution is 9.11. The highest BCUT2D eigenvalue weighted by Gasteiger charge is 2.10. The topological polar surface area (TPSA) is 61.0 Å². The fourth-order valence-corrected chi connectivity index (χ4v) is 4.14. The van der Waals surface area contributed by atoms with E-state index in [1.807, 2.05) is 12.1 Å². The lowest BCUT2D eigenvalue weighted by Crippen LogP contribution is -1.96. The van der Waals surface area contributed by atoms with E-state index in [1.165, 1.54) is 11.3 Å². The van der Waals surface area contributed by atoms with Crippen LogP contribution in [0, 0.1) is 0 Å². The minimum atomic E-state index is 0.341. The number of hydrogen-bond acceptors (Lipinski definition) is 5. The highest BCUT2D eigenvalue weighted by atomic mass is 79.9. The van der Waals surface area contributed by atoms with Crippen LogP contribution < -0.4 is 10.5 Å². The van der Waals surface area contributed by atoms with Gasteiger partial charge in [-0.05, 0) is 44.0 Å². The number of ether oxygens (including phenoxy) is 1. The molecule has 1 heterocycles. The van der Waals surface area contributed by atoms with E-state index in [2.05, 4.69) is 58.0 Å². The second-order valence-electron chi connectivity index (χ2n) is 3.02. The quantitative estimate of drug-likeness (QED) is 0.779. The van der Waals surface area contributed by atoms with Crippen LogP contribution in [0.1, 0.15) is 5.01 Å². The average molecular weight is 444 g/mol. The van der Waals surface area contributed by atoms with Crippen LogP contribution in [0.15, 0.2) is 25.6 Å². The molecule has 8 heteroatoms. The number of aromatic nitrogens is 2. The van der Waals surface area contributed by atoms with Crippen molar-refractivity contribution in [2.75, 3.05) is 5.73 Å². The number of nitrogens with two attached hydrogens (primary N) is 1. The normalized spacial score (nSPS) is 10.5. The molecule has 17 heavy (non-hydrogen) atoms. The van der Waals surface area contributed by atoms with E-state index in [0.717, 1.165) is 24.2 Å². The number of nitrogens with zero attached hydrogens (tertiary/aromatic N) is 2. The fourth-order valence-electron chi connectivity index (χ4n) is 1.13. The standard InChI is InChI=1S/C9H6Br3N3OS/c10-4-1-5(11)8(6(12)2-4)16-3-7-14-15-9(13)17-7/h1-2H,3H2,(H2,13,15). The molecule has 0 aliphatic rings. The third kappa shape index (κ3) is 3.40. The fraction of sp³-hybridized carbons (Fsp3) is 0.111. The average Bonchev–Trinajstić information content (AvgIpc) is 2.62. The van der Waals surface area contributed by atoms with Gasteiger partial charge in [0, 0.05) is 4.47 Å². The third-order valence-electron chi connectivity index (χ3n) is 1.79. The lowest BCUT2D eigenvalue weighted by Gasteiger charge is -2.09. The van der Waals surface area contributed by atoms with Gasteiger partial charge in [0.2, 0.25) is 5.13 Å². The summed E-state index contributed by atoms with van der Waals surface area (Å²) in [4.78, 5) is 0. The Bertz CT molecular complexity index is 523. The first-order chi connectivity index (χ1) is 8.06. The number of anilines is 1. The van der Waals surface area contributed by atoms with Crippen LogP contribution in [-0.2, 0) is 6.61 Å². The van der Waals surface area contributed by atoms with Crippen molar-refractivity contribution < 1.29 is 4.74 Å². The molecule has 0 saturated carbocycles. The van der Waals surface area contributed by atoms with Crippen molar-refractivity contribution in [3.8, 4) is 5.75 Å². The molecule has 0 fully saturated rings. The predicted molar refractivity (Wildman–Crippen MR) is 78.2 cm³/mol. The molecule has 0 aliphatic carbocycles. The molecular weight excluding hydrogens is 438 g/mol. The molecule has 0 saturated heterocycles. The van der Waals surface area contributed by atoms with Crippen LogP contribution in [0.3, 0.4) is 0 Å². The molecule has 0 radical (unpaired) electrons. The Morgan fingerprint density at radius 3 is 2.35 bits per heavy atom. The maximum absolute atomic E-state index is 5.66. The molecule has 0 bridgehead atoms. The van der Waals surface area contributed by atoms with E-state index < -0.39 is 0 Å². The molecule has 0 unspecified atom stereocenters. The molecule has 1 aromatic heterocycles. The zero-order valence-electron chi connectivity index (χ0n) is 8.28. The number of nitrogen functional groups attached to an aromatic ring is 1. The third-order valence-corrected chi connectivity index (χ3v) is 4.15. The Labute approximate surface area is 127 Å². The van der Waals surface area contributed by atoms with Gasteiger partial charge in [-0.3, -0.25) is 0 Å². The van der Waals surface area contributed by atoms with Crippen molar-refractivity contribution in [2.45, 2.75) is 6.61 Å². The summed E-state index contributed by atoms with van der Waals surface area (Å²) < 4.78 is 8.34. The summed E-state index contributed by atoms with van der Waals surface area (Å²) in [5.41, 5.74) is 5.49. The molecular formula is C9H6Br3N3OS. The molecule has 0 atom stereocenters. The molecule has 4 nitrogen and oxygen atoms in total. The summed E-state index contributed by atoms with van der Waals surface area (Å²) >= 11 is 11.6. The van der Waals surface area contributed by atoms with Gasteiger partial charge < -0.3 is 10.5 Å². The van der Waals surface area contributed by atoms with Crippen molar-refractivity contribution in [3.05, 3.63) is 30.6 Å². The van der Waals surface area contributed by atoms with Gasteiger partial charge in [0.25, 0.3) is 0 Å². The van der Waals surface area contributed by atoms with E-state index >= 15 is 0 Å². The molecule has 1 aromatic carbocycles. The molecule has 0 aliphatic heterocycles. The van der Waals surface area contributed by atoms with Crippen molar-refractivity contribution in [2.24, 2.45) is 0 Å². The lowest BCUT2D eigenvalue weighted by molar-refractivity contribution is 0.300. The number of benzene rings is 1. The zero-order valence-corrected chi connectivity index (χ0v) is 13.9. The molecule has 0 spiro atoms. The van der Waals surface area contributed by atoms with Gasteiger partial charge in [-0.25, -0.2) is 0 Å². The van der Waals surface area contributed by atoms with Gasteiger partial charge in [0.05, 0.1) is 8.95 Å². The first-order valence-electron chi connectivity index (χ1n) is 4.41. The molecule has 2 rings (SSSR count). The summed E-state index contributed by atoms with van der Waals surface area (Å²) in [6, 6.07) is 3.82. The van der Waals surface area contributed by atoms with Gasteiger partial charge in [0.1, 0.15) is 12.4 Å². The second kappa shape index (κ2) is 5.64. The second-order valence-corrected chi connectivity index (χ2v) is 6.74. The predicted octanol–water partition coefficient (Wildman–Crippen LogP) is 3.99. The summed E-state index contributed by atoms with van der Waals surface area (Å²) in [5, 5.41) is 8.79. The summed E-state index contributed by atoms with van der Waals surface area (Å²) in [7, 11) is 0. The zero-order chi connectivity index (χ0) is 12.4. The van der Waals surface area contributed by atoms with E-state index in [1.54, 1.807) is 0 Å². The molecule has 0 amide bonds. The Balaban J connectivity index is 2.14. The van der Waals surface area contributed by atoms with Crippen LogP contribution in [-0.4, -0.2) is 10.2 Å². The van der Waals surface area contributed by atoms with Gasteiger partial charge in [0.15, 0.2) is 5.01 Å². The first kappa shape index (κ1) is 13.3. The first-order valence-corrected chi connectivity index (χ1v) is 7.61. The summed E-state index contributed by atoms with van der Waals surface area (Å²) in [6.45, 7) is 0.341. The molecule has 90 valence electrons. The van der Waals surface area contributed by atoms with Gasteiger partial charge >= 0.3 is 0 Å². The minimum Gasteiger partial charge on any atom is -0.484 e. The van der Waals surface area contributed by atoms with Crippen LogP contribution in [0.25, 0.3) is 0 Å². The summed E-state index contributed by atoms with van der Waals surface area (Å²) in [6.07, 6.45) is 0. The number of rotatable bonds is 3. The largest absolute Gasteiger partial charge is 0.484 e. The minimum absolute atomic E-state index is 0.341. The van der Waals surface area contributed by atoms with Crippen LogP contribution in [0.4, 0.5) is 5.13 Å². The van der Waals surface area contributed by atoms with E-state index in [4.69, 9.17) is 10.5 Å². The lowest BCUT2D eigenvalue weighted by atomic mass is 10.3. The summed E-state index contributed by atoms with van der Waals surface area (Å²) in [5.74, 6) is 0.724. The van der Waals surface area contributed by atoms with Gasteiger partial charge in [-0.1, -0.05) is 27.3 Å². The van der Waals surface area contributed by atoms with E-state index in [0.29, 0.717) is 11.7 Å². The Hall–Kier alpha value is -0.180. The van der Waals surface area contributed by atoms with Crippen molar-refractivity contribution in [1.82, 2.24) is 10.2 Å². The SMILES string of the molecule is Nc1nnc(COc2c(Br)cc(Br)cc2Br)s1. The highest BCUT2D eigenvalue weighted by Crippen LogP contribution is 2.36. The Morgan fingerprint density at radius 2 is 1.82 bits per heavy atom. The monoisotopic (exact) mass is 441 g/mol.